The van der Waals surface area contributed by atoms with Crippen molar-refractivity contribution >= 4 is 17.5 Å². The fourth-order valence-corrected chi connectivity index (χ4v) is 4.05. The highest BCUT2D eigenvalue weighted by Gasteiger charge is 2.31. The summed E-state index contributed by atoms with van der Waals surface area (Å²) in [5, 5.41) is 0. The molecule has 0 saturated carbocycles. The van der Waals surface area contributed by atoms with E-state index in [1.54, 1.807) is 6.92 Å². The molecule has 3 rings (SSSR count). The van der Waals surface area contributed by atoms with Gasteiger partial charge in [-0.05, 0) is 33.9 Å². The molecule has 3 atom stereocenters. The highest BCUT2D eigenvalue weighted by atomic mass is 19.1. The van der Waals surface area contributed by atoms with Crippen molar-refractivity contribution in [2.24, 2.45) is 0 Å². The lowest BCUT2D eigenvalue weighted by atomic mass is 10.1. The topological polar surface area (TPSA) is 97.0 Å². The summed E-state index contributed by atoms with van der Waals surface area (Å²) in [6.45, 7) is 7.03. The van der Waals surface area contributed by atoms with Crippen LogP contribution in [0.3, 0.4) is 0 Å². The van der Waals surface area contributed by atoms with Crippen LogP contribution in [0.15, 0.2) is 0 Å². The van der Waals surface area contributed by atoms with Crippen molar-refractivity contribution < 1.29 is 18.7 Å². The molecule has 168 valence electrons. The quantitative estimate of drug-likeness (QED) is 0.647. The van der Waals surface area contributed by atoms with Crippen LogP contribution >= 0.6 is 0 Å². The number of carbonyl (C=O) groups excluding carboxylic acids is 1. The van der Waals surface area contributed by atoms with E-state index in [0.717, 1.165) is 26.1 Å². The number of anilines is 2. The third-order valence-electron chi connectivity index (χ3n) is 5.96. The zero-order valence-electron chi connectivity index (χ0n) is 18.3. The summed E-state index contributed by atoms with van der Waals surface area (Å²) in [7, 11) is 3.96. The van der Waals surface area contributed by atoms with E-state index >= 15 is 0 Å². The number of carbonyl (C=O) groups is 1. The van der Waals surface area contributed by atoms with Gasteiger partial charge in [0, 0.05) is 38.3 Å². The molecule has 30 heavy (non-hydrogen) atoms. The maximum absolute atomic E-state index is 13.6. The average Bonchev–Trinajstić information content (AvgIpc) is 3.04. The number of ether oxygens (including phenoxy) is 2. The van der Waals surface area contributed by atoms with Crippen molar-refractivity contribution in [1.29, 1.82) is 0 Å². The third-order valence-corrected chi connectivity index (χ3v) is 5.96. The van der Waals surface area contributed by atoms with Gasteiger partial charge in [0.2, 0.25) is 0 Å². The first-order valence-corrected chi connectivity index (χ1v) is 10.6. The molecule has 10 heteroatoms. The van der Waals surface area contributed by atoms with Crippen LogP contribution < -0.4 is 15.4 Å². The SMILES string of the molecule is CCOC(=O)c1nc(OC[C@@H]2CC(F)CN2C)nc(N2CCN(C)C(CC)C2)c1N. The molecular weight excluding hydrogens is 391 g/mol. The summed E-state index contributed by atoms with van der Waals surface area (Å²) >= 11 is 0. The van der Waals surface area contributed by atoms with Crippen molar-refractivity contribution in [3.63, 3.8) is 0 Å². The number of piperazine rings is 1. The van der Waals surface area contributed by atoms with Crippen molar-refractivity contribution in [2.45, 2.75) is 44.9 Å². The Morgan fingerprint density at radius 2 is 1.93 bits per heavy atom. The van der Waals surface area contributed by atoms with Crippen molar-refractivity contribution in [3.8, 4) is 6.01 Å². The second-order valence-electron chi connectivity index (χ2n) is 8.04. The van der Waals surface area contributed by atoms with E-state index in [1.807, 2.05) is 11.9 Å². The number of rotatable bonds is 7. The number of aromatic nitrogens is 2. The molecule has 0 amide bonds. The number of likely N-dealkylation sites (N-methyl/N-ethyl adjacent to an activating group) is 2. The fourth-order valence-electron chi connectivity index (χ4n) is 4.05. The van der Waals surface area contributed by atoms with E-state index in [1.165, 1.54) is 0 Å². The molecule has 1 aromatic heterocycles. The number of halogens is 1. The van der Waals surface area contributed by atoms with Crippen molar-refractivity contribution in [2.75, 3.05) is 64.1 Å². The van der Waals surface area contributed by atoms with Crippen LogP contribution in [-0.2, 0) is 4.74 Å². The van der Waals surface area contributed by atoms with Crippen LogP contribution in [-0.4, -0.2) is 97.5 Å². The van der Waals surface area contributed by atoms with E-state index in [4.69, 9.17) is 15.2 Å². The molecule has 0 radical (unpaired) electrons. The van der Waals surface area contributed by atoms with Crippen LogP contribution in [0.1, 0.15) is 37.2 Å². The Kier molecular flexibility index (Phi) is 7.30. The monoisotopic (exact) mass is 424 g/mol. The summed E-state index contributed by atoms with van der Waals surface area (Å²) in [5.41, 5.74) is 6.50. The highest BCUT2D eigenvalue weighted by Crippen LogP contribution is 2.29. The Hall–Kier alpha value is -2.20. The Bertz CT molecular complexity index is 751. The summed E-state index contributed by atoms with van der Waals surface area (Å²) in [6.07, 6.45) is 0.530. The lowest BCUT2D eigenvalue weighted by Crippen LogP contribution is -2.51. The number of alkyl halides is 1. The van der Waals surface area contributed by atoms with Gasteiger partial charge in [0.15, 0.2) is 11.5 Å². The molecular formula is C20H33FN6O3. The molecule has 0 bridgehead atoms. The maximum Gasteiger partial charge on any atom is 0.359 e. The summed E-state index contributed by atoms with van der Waals surface area (Å²) in [4.78, 5) is 27.5. The van der Waals surface area contributed by atoms with Crippen LogP contribution in [0.25, 0.3) is 0 Å². The zero-order valence-corrected chi connectivity index (χ0v) is 18.3. The first-order valence-electron chi connectivity index (χ1n) is 10.6. The van der Waals surface area contributed by atoms with Crippen LogP contribution in [0.2, 0.25) is 0 Å². The second kappa shape index (κ2) is 9.74. The molecule has 2 saturated heterocycles. The lowest BCUT2D eigenvalue weighted by molar-refractivity contribution is 0.0518. The van der Waals surface area contributed by atoms with Gasteiger partial charge in [-0.2, -0.15) is 9.97 Å². The number of nitrogens with zero attached hydrogens (tertiary/aromatic N) is 5. The Morgan fingerprint density at radius 1 is 1.17 bits per heavy atom. The van der Waals surface area contributed by atoms with Crippen LogP contribution in [0.5, 0.6) is 6.01 Å². The molecule has 2 fully saturated rings. The van der Waals surface area contributed by atoms with Gasteiger partial charge in [-0.25, -0.2) is 9.18 Å². The standard InChI is InChI=1S/C20H33FN6O3/c1-5-14-11-27(8-7-25(14)3)18-16(22)17(19(28)29-6-2)23-20(24-18)30-12-15-9-13(21)10-26(15)4/h13-15H,5-12,22H2,1-4H3/t13?,14?,15-/m0/s1. The summed E-state index contributed by atoms with van der Waals surface area (Å²) in [5.74, 6) is -0.121. The minimum atomic E-state index is -0.863. The third kappa shape index (κ3) is 4.92. The van der Waals surface area contributed by atoms with E-state index in [-0.39, 0.29) is 36.6 Å². The van der Waals surface area contributed by atoms with Crippen molar-refractivity contribution in [1.82, 2.24) is 19.8 Å². The van der Waals surface area contributed by atoms with Gasteiger partial charge in [0.05, 0.1) is 6.61 Å². The number of hydrogen-bond acceptors (Lipinski definition) is 9. The second-order valence-corrected chi connectivity index (χ2v) is 8.04. The maximum atomic E-state index is 13.6. The van der Waals surface area contributed by atoms with E-state index in [2.05, 4.69) is 33.7 Å². The molecule has 2 N–H and O–H groups in total. The average molecular weight is 425 g/mol. The Morgan fingerprint density at radius 3 is 2.57 bits per heavy atom. The summed E-state index contributed by atoms with van der Waals surface area (Å²) in [6, 6.07) is 0.353. The number of esters is 1. The van der Waals surface area contributed by atoms with Crippen molar-refractivity contribution in [3.05, 3.63) is 5.69 Å². The predicted octanol–water partition coefficient (Wildman–Crippen LogP) is 1.19. The van der Waals surface area contributed by atoms with Gasteiger partial charge in [-0.1, -0.05) is 6.92 Å². The van der Waals surface area contributed by atoms with Crippen LogP contribution in [0.4, 0.5) is 15.9 Å². The van der Waals surface area contributed by atoms with Gasteiger partial charge in [-0.3, -0.25) is 9.80 Å². The van der Waals surface area contributed by atoms with Gasteiger partial charge < -0.3 is 20.1 Å². The minimum Gasteiger partial charge on any atom is -0.462 e. The smallest absolute Gasteiger partial charge is 0.359 e. The molecule has 2 unspecified atom stereocenters. The Balaban J connectivity index is 1.86. The summed E-state index contributed by atoms with van der Waals surface area (Å²) < 4.78 is 24.6. The van der Waals surface area contributed by atoms with Gasteiger partial charge in [-0.15, -0.1) is 0 Å². The zero-order chi connectivity index (χ0) is 21.8. The van der Waals surface area contributed by atoms with Gasteiger partial charge in [0.1, 0.15) is 18.5 Å². The van der Waals surface area contributed by atoms with Gasteiger partial charge in [0.25, 0.3) is 0 Å². The molecule has 0 spiro atoms. The first-order chi connectivity index (χ1) is 14.3. The molecule has 2 aliphatic rings. The minimum absolute atomic E-state index is 0.00645. The van der Waals surface area contributed by atoms with E-state index in [9.17, 15) is 9.18 Å². The molecule has 1 aromatic rings. The molecule has 2 aliphatic heterocycles. The number of likely N-dealkylation sites (tertiary alicyclic amines) is 1. The van der Waals surface area contributed by atoms with E-state index in [0.29, 0.717) is 24.8 Å². The molecule has 3 heterocycles. The fraction of sp³-hybridized carbons (Fsp3) is 0.750. The first kappa shape index (κ1) is 22.5. The van der Waals surface area contributed by atoms with Crippen LogP contribution in [0, 0.1) is 0 Å². The molecule has 0 aliphatic carbocycles. The molecule has 9 nitrogen and oxygen atoms in total. The molecule has 0 aromatic carbocycles. The predicted molar refractivity (Wildman–Crippen MR) is 113 cm³/mol. The Labute approximate surface area is 177 Å². The van der Waals surface area contributed by atoms with Gasteiger partial charge >= 0.3 is 12.0 Å². The number of nitrogen functional groups attached to an aromatic ring is 1. The normalized spacial score (nSPS) is 25.5. The largest absolute Gasteiger partial charge is 0.462 e. The number of nitrogens with two attached hydrogens (primary N) is 1. The van der Waals surface area contributed by atoms with E-state index < -0.39 is 12.1 Å². The lowest BCUT2D eigenvalue weighted by Gasteiger charge is -2.40. The highest BCUT2D eigenvalue weighted by molar-refractivity contribution is 5.95. The number of hydrogen-bond donors (Lipinski definition) is 1.